The van der Waals surface area contributed by atoms with E-state index in [1.54, 1.807) is 6.20 Å². The van der Waals surface area contributed by atoms with Crippen molar-refractivity contribution >= 4 is 16.9 Å². The van der Waals surface area contributed by atoms with E-state index >= 15 is 0 Å². The van der Waals surface area contributed by atoms with Gasteiger partial charge in [0.2, 0.25) is 0 Å². The number of aromatic nitrogens is 3. The molecule has 4 aromatic rings. The van der Waals surface area contributed by atoms with Gasteiger partial charge in [-0.05, 0) is 53.9 Å². The Kier molecular flexibility index (Phi) is 5.35. The van der Waals surface area contributed by atoms with E-state index in [1.807, 2.05) is 25.5 Å². The van der Waals surface area contributed by atoms with Crippen LogP contribution in [0.25, 0.3) is 22.2 Å². The fourth-order valence-corrected chi connectivity index (χ4v) is 3.56. The molecule has 4 rings (SSSR count). The Morgan fingerprint density at radius 3 is 2.68 bits per heavy atom. The van der Waals surface area contributed by atoms with Crippen LogP contribution in [0.15, 0.2) is 67.1 Å². The van der Waals surface area contributed by atoms with Crippen molar-refractivity contribution in [1.82, 2.24) is 20.3 Å². The van der Waals surface area contributed by atoms with Crippen molar-refractivity contribution in [3.05, 3.63) is 78.2 Å². The molecule has 3 N–H and O–H groups in total. The first-order valence-corrected chi connectivity index (χ1v) is 9.67. The summed E-state index contributed by atoms with van der Waals surface area (Å²) in [7, 11) is 2.01. The number of fused-ring (bicyclic) bond motifs is 1. The molecule has 0 fully saturated rings. The summed E-state index contributed by atoms with van der Waals surface area (Å²) in [4.78, 5) is 12.1. The number of anilines is 1. The highest BCUT2D eigenvalue weighted by molar-refractivity contribution is 5.94. The van der Waals surface area contributed by atoms with E-state index in [9.17, 15) is 0 Å². The second kappa shape index (κ2) is 8.23. The molecule has 0 radical (unpaired) electrons. The molecule has 28 heavy (non-hydrogen) atoms. The molecule has 3 aromatic heterocycles. The Bertz CT molecular complexity index is 1030. The fraction of sp³-hybridized carbons (Fsp3) is 0.217. The van der Waals surface area contributed by atoms with Crippen LogP contribution in [0.5, 0.6) is 0 Å². The lowest BCUT2D eigenvalue weighted by molar-refractivity contribution is 0.577. The van der Waals surface area contributed by atoms with E-state index < -0.39 is 0 Å². The number of pyridine rings is 2. The monoisotopic (exact) mass is 371 g/mol. The smallest absolute Gasteiger partial charge is 0.140 e. The molecular weight excluding hydrogens is 346 g/mol. The van der Waals surface area contributed by atoms with E-state index in [-0.39, 0.29) is 0 Å². The zero-order chi connectivity index (χ0) is 19.3. The van der Waals surface area contributed by atoms with Gasteiger partial charge in [-0.1, -0.05) is 37.3 Å². The quantitative estimate of drug-likeness (QED) is 0.432. The SMILES string of the molecule is CC[C@@H](NC)c1ccc(-c2cc(NCc3cccnc3)nc3[nH]ccc23)cc1. The van der Waals surface area contributed by atoms with Gasteiger partial charge in [0.15, 0.2) is 0 Å². The van der Waals surface area contributed by atoms with Gasteiger partial charge in [-0.15, -0.1) is 0 Å². The summed E-state index contributed by atoms with van der Waals surface area (Å²) in [6.45, 7) is 2.88. The van der Waals surface area contributed by atoms with Crippen molar-refractivity contribution in [3.8, 4) is 11.1 Å². The lowest BCUT2D eigenvalue weighted by atomic mass is 9.98. The van der Waals surface area contributed by atoms with Gasteiger partial charge in [-0.2, -0.15) is 0 Å². The van der Waals surface area contributed by atoms with Crippen molar-refractivity contribution in [3.63, 3.8) is 0 Å². The van der Waals surface area contributed by atoms with Crippen molar-refractivity contribution in [2.45, 2.75) is 25.9 Å². The maximum Gasteiger partial charge on any atom is 0.140 e. The number of benzene rings is 1. The van der Waals surface area contributed by atoms with Crippen LogP contribution < -0.4 is 10.6 Å². The predicted octanol–water partition coefficient (Wildman–Crippen LogP) is 4.91. The van der Waals surface area contributed by atoms with Gasteiger partial charge in [0, 0.05) is 36.6 Å². The predicted molar refractivity (Wildman–Crippen MR) is 115 cm³/mol. The summed E-state index contributed by atoms with van der Waals surface area (Å²) in [5.74, 6) is 0.847. The number of nitrogens with one attached hydrogen (secondary N) is 3. The second-order valence-electron chi connectivity index (χ2n) is 6.88. The molecule has 0 saturated carbocycles. The van der Waals surface area contributed by atoms with E-state index in [4.69, 9.17) is 4.98 Å². The van der Waals surface area contributed by atoms with Crippen LogP contribution in [0, 0.1) is 0 Å². The molecular formula is C23H25N5. The highest BCUT2D eigenvalue weighted by Gasteiger charge is 2.11. The van der Waals surface area contributed by atoms with Gasteiger partial charge in [-0.3, -0.25) is 4.98 Å². The summed E-state index contributed by atoms with van der Waals surface area (Å²) in [6.07, 6.45) is 6.65. The lowest BCUT2D eigenvalue weighted by Crippen LogP contribution is -2.14. The number of hydrogen-bond donors (Lipinski definition) is 3. The Labute approximate surface area is 165 Å². The molecule has 0 bridgehead atoms. The summed E-state index contributed by atoms with van der Waals surface area (Å²) in [6, 6.07) is 17.4. The summed E-state index contributed by atoms with van der Waals surface area (Å²) < 4.78 is 0. The molecule has 1 aromatic carbocycles. The normalized spacial score (nSPS) is 12.2. The molecule has 0 unspecified atom stereocenters. The average molecular weight is 371 g/mol. The third-order valence-corrected chi connectivity index (χ3v) is 5.11. The van der Waals surface area contributed by atoms with Gasteiger partial charge in [0.05, 0.1) is 0 Å². The molecule has 5 heteroatoms. The van der Waals surface area contributed by atoms with E-state index in [0.29, 0.717) is 12.6 Å². The maximum absolute atomic E-state index is 4.71. The molecule has 3 heterocycles. The number of rotatable bonds is 7. The molecule has 0 aliphatic carbocycles. The summed E-state index contributed by atoms with van der Waals surface area (Å²) in [5.41, 5.74) is 5.68. The first-order chi connectivity index (χ1) is 13.8. The Balaban J connectivity index is 1.65. The number of hydrogen-bond acceptors (Lipinski definition) is 4. The highest BCUT2D eigenvalue weighted by atomic mass is 15.0. The van der Waals surface area contributed by atoms with Gasteiger partial charge < -0.3 is 15.6 Å². The second-order valence-corrected chi connectivity index (χ2v) is 6.88. The van der Waals surface area contributed by atoms with E-state index in [2.05, 4.69) is 70.0 Å². The standard InChI is InChI=1S/C23H25N5/c1-3-21(24-2)18-8-6-17(7-9-18)20-13-22(28-23-19(20)10-12-26-23)27-15-16-5-4-11-25-14-16/h4-14,21,24H,3,15H2,1-2H3,(H2,26,27,28)/t21-/m1/s1. The van der Waals surface area contributed by atoms with Gasteiger partial charge in [-0.25, -0.2) is 4.98 Å². The summed E-state index contributed by atoms with van der Waals surface area (Å²) in [5, 5.41) is 7.91. The van der Waals surface area contributed by atoms with Crippen LogP contribution in [0.2, 0.25) is 0 Å². The Morgan fingerprint density at radius 2 is 1.96 bits per heavy atom. The van der Waals surface area contributed by atoms with E-state index in [1.165, 1.54) is 16.7 Å². The lowest BCUT2D eigenvalue weighted by Gasteiger charge is -2.15. The van der Waals surface area contributed by atoms with Crippen LogP contribution >= 0.6 is 0 Å². The molecule has 0 saturated heterocycles. The van der Waals surface area contributed by atoms with Crippen LogP contribution in [0.1, 0.15) is 30.5 Å². The topological polar surface area (TPSA) is 65.6 Å². The Hall–Kier alpha value is -3.18. The number of H-pyrrole nitrogens is 1. The van der Waals surface area contributed by atoms with Gasteiger partial charge in [0.25, 0.3) is 0 Å². The number of aromatic amines is 1. The first kappa shape index (κ1) is 18.2. The summed E-state index contributed by atoms with van der Waals surface area (Å²) >= 11 is 0. The number of nitrogens with zero attached hydrogens (tertiary/aromatic N) is 2. The average Bonchev–Trinajstić information content (AvgIpc) is 3.22. The first-order valence-electron chi connectivity index (χ1n) is 9.67. The van der Waals surface area contributed by atoms with Crippen LogP contribution in [0.3, 0.4) is 0 Å². The van der Waals surface area contributed by atoms with Gasteiger partial charge >= 0.3 is 0 Å². The molecule has 0 amide bonds. The molecule has 5 nitrogen and oxygen atoms in total. The van der Waals surface area contributed by atoms with Crippen molar-refractivity contribution in [2.75, 3.05) is 12.4 Å². The van der Waals surface area contributed by atoms with Crippen LogP contribution in [0.4, 0.5) is 5.82 Å². The highest BCUT2D eigenvalue weighted by Crippen LogP contribution is 2.31. The zero-order valence-electron chi connectivity index (χ0n) is 16.2. The van der Waals surface area contributed by atoms with Crippen molar-refractivity contribution < 1.29 is 0 Å². The Morgan fingerprint density at radius 1 is 1.11 bits per heavy atom. The third-order valence-electron chi connectivity index (χ3n) is 5.11. The van der Waals surface area contributed by atoms with Crippen molar-refractivity contribution in [1.29, 1.82) is 0 Å². The molecule has 1 atom stereocenters. The van der Waals surface area contributed by atoms with Crippen molar-refractivity contribution in [2.24, 2.45) is 0 Å². The molecule has 0 spiro atoms. The maximum atomic E-state index is 4.71. The molecule has 0 aliphatic rings. The third kappa shape index (κ3) is 3.75. The largest absolute Gasteiger partial charge is 0.366 e. The van der Waals surface area contributed by atoms with Gasteiger partial charge in [0.1, 0.15) is 11.5 Å². The van der Waals surface area contributed by atoms with Crippen LogP contribution in [-0.2, 0) is 6.54 Å². The minimum absolute atomic E-state index is 0.385. The zero-order valence-corrected chi connectivity index (χ0v) is 16.2. The van der Waals surface area contributed by atoms with Crippen LogP contribution in [-0.4, -0.2) is 22.0 Å². The molecule has 0 aliphatic heterocycles. The minimum atomic E-state index is 0.385. The van der Waals surface area contributed by atoms with E-state index in [0.717, 1.165) is 28.8 Å². The fourth-order valence-electron chi connectivity index (χ4n) is 3.56. The minimum Gasteiger partial charge on any atom is -0.366 e. The molecule has 142 valence electrons.